The smallest absolute Gasteiger partial charge is 0.115 e. The van der Waals surface area contributed by atoms with Gasteiger partial charge in [-0.2, -0.15) is 0 Å². The van der Waals surface area contributed by atoms with Gasteiger partial charge in [0, 0.05) is 24.0 Å². The number of hydrogen-bond donors (Lipinski definition) is 1. The SMILES string of the molecule is Cc1ncncc1-c1ccccc1CN. The Morgan fingerprint density at radius 2 is 2.00 bits per heavy atom. The van der Waals surface area contributed by atoms with Crippen LogP contribution in [0.5, 0.6) is 0 Å². The second-order valence-corrected chi connectivity index (χ2v) is 3.38. The lowest BCUT2D eigenvalue weighted by Gasteiger charge is -2.08. The molecule has 0 radical (unpaired) electrons. The molecule has 0 aliphatic carbocycles. The number of hydrogen-bond acceptors (Lipinski definition) is 3. The molecule has 2 N–H and O–H groups in total. The number of aryl methyl sites for hydroxylation is 1. The first-order valence-corrected chi connectivity index (χ1v) is 4.88. The van der Waals surface area contributed by atoms with Gasteiger partial charge in [0.05, 0.1) is 0 Å². The molecule has 15 heavy (non-hydrogen) atoms. The predicted molar refractivity (Wildman–Crippen MR) is 60.1 cm³/mol. The maximum Gasteiger partial charge on any atom is 0.115 e. The number of benzene rings is 1. The van der Waals surface area contributed by atoms with E-state index in [1.807, 2.05) is 37.4 Å². The summed E-state index contributed by atoms with van der Waals surface area (Å²) >= 11 is 0. The lowest BCUT2D eigenvalue weighted by molar-refractivity contribution is 1.06. The van der Waals surface area contributed by atoms with Gasteiger partial charge in [-0.15, -0.1) is 0 Å². The van der Waals surface area contributed by atoms with Gasteiger partial charge in [-0.3, -0.25) is 0 Å². The summed E-state index contributed by atoms with van der Waals surface area (Å²) in [5.41, 5.74) is 9.97. The molecule has 2 rings (SSSR count). The minimum atomic E-state index is 0.532. The third kappa shape index (κ3) is 1.87. The molecule has 2 aromatic rings. The zero-order valence-corrected chi connectivity index (χ0v) is 8.64. The van der Waals surface area contributed by atoms with E-state index in [0.717, 1.165) is 22.4 Å². The van der Waals surface area contributed by atoms with Gasteiger partial charge in [0.25, 0.3) is 0 Å². The lowest BCUT2D eigenvalue weighted by Crippen LogP contribution is -2.00. The molecular weight excluding hydrogens is 186 g/mol. The third-order valence-electron chi connectivity index (χ3n) is 2.44. The molecule has 0 aliphatic heterocycles. The number of aromatic nitrogens is 2. The van der Waals surface area contributed by atoms with Crippen molar-refractivity contribution in [2.24, 2.45) is 5.73 Å². The fourth-order valence-electron chi connectivity index (χ4n) is 1.62. The van der Waals surface area contributed by atoms with Crippen molar-refractivity contribution in [2.45, 2.75) is 13.5 Å². The Kier molecular flexibility index (Phi) is 2.74. The van der Waals surface area contributed by atoms with Gasteiger partial charge in [-0.1, -0.05) is 24.3 Å². The van der Waals surface area contributed by atoms with Crippen LogP contribution in [0.2, 0.25) is 0 Å². The van der Waals surface area contributed by atoms with Crippen LogP contribution in [0.1, 0.15) is 11.3 Å². The molecule has 1 heterocycles. The molecule has 0 amide bonds. The molecular formula is C12H13N3. The first-order chi connectivity index (χ1) is 7.33. The van der Waals surface area contributed by atoms with Crippen LogP contribution in [0.3, 0.4) is 0 Å². The van der Waals surface area contributed by atoms with Gasteiger partial charge >= 0.3 is 0 Å². The summed E-state index contributed by atoms with van der Waals surface area (Å²) in [5.74, 6) is 0. The molecule has 3 heteroatoms. The van der Waals surface area contributed by atoms with Crippen molar-refractivity contribution >= 4 is 0 Å². The summed E-state index contributed by atoms with van der Waals surface area (Å²) in [7, 11) is 0. The molecule has 76 valence electrons. The summed E-state index contributed by atoms with van der Waals surface area (Å²) < 4.78 is 0. The van der Waals surface area contributed by atoms with Crippen LogP contribution in [0.25, 0.3) is 11.1 Å². The van der Waals surface area contributed by atoms with Crippen LogP contribution in [-0.2, 0) is 6.54 Å². The first-order valence-electron chi connectivity index (χ1n) is 4.88. The maximum atomic E-state index is 5.70. The zero-order chi connectivity index (χ0) is 10.7. The van der Waals surface area contributed by atoms with E-state index >= 15 is 0 Å². The predicted octanol–water partition coefficient (Wildman–Crippen LogP) is 1.91. The van der Waals surface area contributed by atoms with E-state index in [-0.39, 0.29) is 0 Å². The molecule has 1 aromatic carbocycles. The van der Waals surface area contributed by atoms with Crippen molar-refractivity contribution in [1.82, 2.24) is 9.97 Å². The Hall–Kier alpha value is -1.74. The second kappa shape index (κ2) is 4.19. The van der Waals surface area contributed by atoms with Crippen molar-refractivity contribution in [1.29, 1.82) is 0 Å². The van der Waals surface area contributed by atoms with Crippen LogP contribution < -0.4 is 5.73 Å². The molecule has 0 spiro atoms. The van der Waals surface area contributed by atoms with Crippen molar-refractivity contribution in [3.05, 3.63) is 48.0 Å². The molecule has 0 saturated heterocycles. The zero-order valence-electron chi connectivity index (χ0n) is 8.64. The van der Waals surface area contributed by atoms with Gasteiger partial charge in [0.1, 0.15) is 6.33 Å². The molecule has 0 unspecified atom stereocenters. The number of rotatable bonds is 2. The number of nitrogens with zero attached hydrogens (tertiary/aromatic N) is 2. The van der Waals surface area contributed by atoms with E-state index in [2.05, 4.69) is 9.97 Å². The van der Waals surface area contributed by atoms with E-state index < -0.39 is 0 Å². The summed E-state index contributed by atoms with van der Waals surface area (Å²) in [6, 6.07) is 8.07. The highest BCUT2D eigenvalue weighted by atomic mass is 14.8. The van der Waals surface area contributed by atoms with Crippen molar-refractivity contribution < 1.29 is 0 Å². The molecule has 0 atom stereocenters. The highest BCUT2D eigenvalue weighted by Crippen LogP contribution is 2.24. The average molecular weight is 199 g/mol. The van der Waals surface area contributed by atoms with E-state index in [1.54, 1.807) is 6.33 Å². The molecule has 0 aliphatic rings. The molecule has 0 bridgehead atoms. The minimum Gasteiger partial charge on any atom is -0.326 e. The van der Waals surface area contributed by atoms with Gasteiger partial charge in [0.15, 0.2) is 0 Å². The van der Waals surface area contributed by atoms with E-state index in [1.165, 1.54) is 0 Å². The van der Waals surface area contributed by atoms with Gasteiger partial charge < -0.3 is 5.73 Å². The fraction of sp³-hybridized carbons (Fsp3) is 0.167. The van der Waals surface area contributed by atoms with Crippen LogP contribution in [0, 0.1) is 6.92 Å². The molecule has 0 fully saturated rings. The fourth-order valence-corrected chi connectivity index (χ4v) is 1.62. The molecule has 0 saturated carbocycles. The third-order valence-corrected chi connectivity index (χ3v) is 2.44. The average Bonchev–Trinajstić information content (AvgIpc) is 2.30. The summed E-state index contributed by atoms with van der Waals surface area (Å²) in [5, 5.41) is 0. The monoisotopic (exact) mass is 199 g/mol. The summed E-state index contributed by atoms with van der Waals surface area (Å²) in [4.78, 5) is 8.22. The standard InChI is InChI=1S/C12H13N3/c1-9-12(7-14-8-15-9)11-5-3-2-4-10(11)6-13/h2-5,7-8H,6,13H2,1H3. The van der Waals surface area contributed by atoms with Gasteiger partial charge in [-0.25, -0.2) is 9.97 Å². The first kappa shape index (κ1) is 9.80. The van der Waals surface area contributed by atoms with Crippen LogP contribution in [0.4, 0.5) is 0 Å². The Morgan fingerprint density at radius 1 is 1.20 bits per heavy atom. The Labute approximate surface area is 89.0 Å². The quantitative estimate of drug-likeness (QED) is 0.803. The normalized spacial score (nSPS) is 10.3. The van der Waals surface area contributed by atoms with Crippen LogP contribution in [-0.4, -0.2) is 9.97 Å². The van der Waals surface area contributed by atoms with E-state index in [4.69, 9.17) is 5.73 Å². The van der Waals surface area contributed by atoms with Crippen molar-refractivity contribution in [3.8, 4) is 11.1 Å². The second-order valence-electron chi connectivity index (χ2n) is 3.38. The topological polar surface area (TPSA) is 51.8 Å². The largest absolute Gasteiger partial charge is 0.326 e. The Balaban J connectivity index is 2.59. The Morgan fingerprint density at radius 3 is 2.73 bits per heavy atom. The minimum absolute atomic E-state index is 0.532. The van der Waals surface area contributed by atoms with E-state index in [9.17, 15) is 0 Å². The van der Waals surface area contributed by atoms with Crippen molar-refractivity contribution in [2.75, 3.05) is 0 Å². The maximum absolute atomic E-state index is 5.70. The highest BCUT2D eigenvalue weighted by molar-refractivity contribution is 5.68. The Bertz CT molecular complexity index is 466. The van der Waals surface area contributed by atoms with Crippen LogP contribution in [0.15, 0.2) is 36.8 Å². The van der Waals surface area contributed by atoms with E-state index in [0.29, 0.717) is 6.54 Å². The summed E-state index contributed by atoms with van der Waals surface area (Å²) in [6.07, 6.45) is 3.39. The van der Waals surface area contributed by atoms with Crippen molar-refractivity contribution in [3.63, 3.8) is 0 Å². The van der Waals surface area contributed by atoms with Gasteiger partial charge in [-0.05, 0) is 18.1 Å². The molecule has 3 nitrogen and oxygen atoms in total. The summed E-state index contributed by atoms with van der Waals surface area (Å²) in [6.45, 7) is 2.51. The van der Waals surface area contributed by atoms with Gasteiger partial charge in [0.2, 0.25) is 0 Å². The molecule has 1 aromatic heterocycles. The van der Waals surface area contributed by atoms with Crippen LogP contribution >= 0.6 is 0 Å². The highest BCUT2D eigenvalue weighted by Gasteiger charge is 2.06. The number of nitrogens with two attached hydrogens (primary N) is 1. The lowest BCUT2D eigenvalue weighted by atomic mass is 10.0.